The molecule has 5 nitrogen and oxygen atoms in total. The van der Waals surface area contributed by atoms with Gasteiger partial charge in [0.05, 0.1) is 18.6 Å². The predicted octanol–water partition coefficient (Wildman–Crippen LogP) is 1.13. The fourth-order valence-electron chi connectivity index (χ4n) is 1.15. The van der Waals surface area contributed by atoms with Crippen molar-refractivity contribution in [3.63, 3.8) is 0 Å². The number of hydrogen-bond acceptors (Lipinski definition) is 4. The van der Waals surface area contributed by atoms with Crippen molar-refractivity contribution in [1.82, 2.24) is 4.98 Å². The molecule has 0 bridgehead atoms. The van der Waals surface area contributed by atoms with Gasteiger partial charge in [0.25, 0.3) is 0 Å². The lowest BCUT2D eigenvalue weighted by atomic mass is 10.4. The van der Waals surface area contributed by atoms with Gasteiger partial charge in [0, 0.05) is 6.07 Å². The van der Waals surface area contributed by atoms with Gasteiger partial charge in [0.1, 0.15) is 11.4 Å². The molecule has 1 N–H and O–H groups in total. The quantitative estimate of drug-likeness (QED) is 0.809. The first kappa shape index (κ1) is 11.1. The van der Waals surface area contributed by atoms with Crippen molar-refractivity contribution in [2.45, 2.75) is 18.9 Å². The molecule has 88 valence electrons. The van der Waals surface area contributed by atoms with Crippen molar-refractivity contribution in [3.8, 4) is 5.75 Å². The molecule has 0 saturated heterocycles. The van der Waals surface area contributed by atoms with Crippen LogP contribution in [0.2, 0.25) is 0 Å². The van der Waals surface area contributed by atoms with E-state index in [-0.39, 0.29) is 17.5 Å². The molecule has 1 aliphatic carbocycles. The van der Waals surface area contributed by atoms with Crippen molar-refractivity contribution in [3.05, 3.63) is 18.2 Å². The summed E-state index contributed by atoms with van der Waals surface area (Å²) in [5.74, 6) is -0.518. The Morgan fingerprint density at radius 3 is 2.81 bits per heavy atom. The molecular weight excluding hydrogens is 235 g/mol. The number of rotatable bonds is 4. The van der Waals surface area contributed by atoms with Crippen LogP contribution in [0.5, 0.6) is 5.75 Å². The van der Waals surface area contributed by atoms with Crippen LogP contribution in [0.3, 0.4) is 0 Å². The Kier molecular flexibility index (Phi) is 2.71. The van der Waals surface area contributed by atoms with Crippen molar-refractivity contribution in [1.29, 1.82) is 0 Å². The van der Waals surface area contributed by atoms with E-state index in [9.17, 15) is 12.8 Å². The highest BCUT2D eigenvalue weighted by Crippen LogP contribution is 2.32. The van der Waals surface area contributed by atoms with Gasteiger partial charge in [-0.15, -0.1) is 0 Å². The molecule has 7 heteroatoms. The van der Waals surface area contributed by atoms with E-state index < -0.39 is 16.0 Å². The first-order valence-corrected chi connectivity index (χ1v) is 6.63. The van der Waals surface area contributed by atoms with E-state index in [1.165, 1.54) is 0 Å². The maximum atomic E-state index is 12.9. The van der Waals surface area contributed by atoms with Crippen LogP contribution in [0.1, 0.15) is 12.8 Å². The zero-order chi connectivity index (χ0) is 11.8. The molecule has 1 aromatic heterocycles. The Labute approximate surface area is 92.7 Å². The molecule has 0 aliphatic heterocycles. The molecule has 1 heterocycles. The van der Waals surface area contributed by atoms with Gasteiger partial charge in [-0.3, -0.25) is 4.72 Å². The van der Waals surface area contributed by atoms with E-state index in [0.717, 1.165) is 31.4 Å². The third-order valence-electron chi connectivity index (χ3n) is 1.95. The van der Waals surface area contributed by atoms with Gasteiger partial charge in [-0.1, -0.05) is 0 Å². The average molecular weight is 246 g/mol. The second-order valence-electron chi connectivity index (χ2n) is 3.69. The number of halogens is 1. The fraction of sp³-hybridized carbons (Fsp3) is 0.444. The van der Waals surface area contributed by atoms with Crippen LogP contribution in [-0.2, 0) is 10.0 Å². The number of sulfonamides is 1. The number of ether oxygens (including phenoxy) is 1. The standard InChI is InChI=1S/C9H11FN2O3S/c1-16(13,14)12-7-5-11-9(10)4-8(7)15-6-2-3-6/h4-6,12H,2-3H2,1H3. The van der Waals surface area contributed by atoms with Crippen LogP contribution in [0.25, 0.3) is 0 Å². The summed E-state index contributed by atoms with van der Waals surface area (Å²) in [7, 11) is -3.42. The van der Waals surface area contributed by atoms with Crippen molar-refractivity contribution in [2.24, 2.45) is 0 Å². The van der Waals surface area contributed by atoms with Crippen molar-refractivity contribution >= 4 is 15.7 Å². The Bertz CT molecular complexity index is 499. The number of aromatic nitrogens is 1. The molecule has 1 fully saturated rings. The number of nitrogens with one attached hydrogen (secondary N) is 1. The summed E-state index contributed by atoms with van der Waals surface area (Å²) in [6.07, 6.45) is 3.98. The van der Waals surface area contributed by atoms with Gasteiger partial charge in [-0.2, -0.15) is 4.39 Å². The van der Waals surface area contributed by atoms with Crippen LogP contribution in [0.15, 0.2) is 12.3 Å². The normalized spacial score (nSPS) is 15.9. The summed E-state index contributed by atoms with van der Waals surface area (Å²) in [5, 5.41) is 0. The number of pyridine rings is 1. The summed E-state index contributed by atoms with van der Waals surface area (Å²) >= 11 is 0. The second kappa shape index (κ2) is 3.89. The highest BCUT2D eigenvalue weighted by Gasteiger charge is 2.25. The molecule has 0 radical (unpaired) electrons. The first-order valence-electron chi connectivity index (χ1n) is 4.74. The van der Waals surface area contributed by atoms with Crippen LogP contribution in [0, 0.1) is 5.95 Å². The summed E-state index contributed by atoms with van der Waals surface area (Å²) in [6, 6.07) is 1.08. The Morgan fingerprint density at radius 1 is 1.56 bits per heavy atom. The van der Waals surface area contributed by atoms with Crippen LogP contribution in [-0.4, -0.2) is 25.8 Å². The summed E-state index contributed by atoms with van der Waals surface area (Å²) in [6.45, 7) is 0. The molecular formula is C9H11FN2O3S. The van der Waals surface area contributed by atoms with Crippen molar-refractivity contribution in [2.75, 3.05) is 11.0 Å². The molecule has 0 spiro atoms. The van der Waals surface area contributed by atoms with Gasteiger partial charge in [0.15, 0.2) is 0 Å². The molecule has 1 aliphatic rings. The molecule has 0 atom stereocenters. The Morgan fingerprint density at radius 2 is 2.25 bits per heavy atom. The molecule has 2 rings (SSSR count). The molecule has 1 saturated carbocycles. The first-order chi connectivity index (χ1) is 7.44. The molecule has 0 amide bonds. The summed E-state index contributed by atoms with van der Waals surface area (Å²) < 4.78 is 42.6. The number of hydrogen-bond donors (Lipinski definition) is 1. The summed E-state index contributed by atoms with van der Waals surface area (Å²) in [5.41, 5.74) is 0.163. The zero-order valence-electron chi connectivity index (χ0n) is 8.60. The Hall–Kier alpha value is -1.37. The van der Waals surface area contributed by atoms with E-state index >= 15 is 0 Å². The summed E-state index contributed by atoms with van der Waals surface area (Å²) in [4.78, 5) is 3.38. The van der Waals surface area contributed by atoms with Gasteiger partial charge < -0.3 is 4.74 Å². The SMILES string of the molecule is CS(=O)(=O)Nc1cnc(F)cc1OC1CC1. The minimum absolute atomic E-state index is 0.0573. The van der Waals surface area contributed by atoms with Gasteiger partial charge >= 0.3 is 0 Å². The van der Waals surface area contributed by atoms with E-state index in [1.54, 1.807) is 0 Å². The Balaban J connectivity index is 2.27. The lowest BCUT2D eigenvalue weighted by Gasteiger charge is -2.10. The van der Waals surface area contributed by atoms with Gasteiger partial charge in [-0.05, 0) is 12.8 Å². The van der Waals surface area contributed by atoms with E-state index in [4.69, 9.17) is 4.74 Å². The lowest BCUT2D eigenvalue weighted by molar-refractivity contribution is 0.302. The zero-order valence-corrected chi connectivity index (χ0v) is 9.42. The minimum Gasteiger partial charge on any atom is -0.488 e. The largest absolute Gasteiger partial charge is 0.488 e. The topological polar surface area (TPSA) is 68.3 Å². The number of nitrogens with zero attached hydrogens (tertiary/aromatic N) is 1. The van der Waals surface area contributed by atoms with E-state index in [2.05, 4.69) is 9.71 Å². The monoisotopic (exact) mass is 246 g/mol. The van der Waals surface area contributed by atoms with E-state index in [0.29, 0.717) is 0 Å². The third-order valence-corrected chi connectivity index (χ3v) is 2.54. The van der Waals surface area contributed by atoms with Crippen LogP contribution in [0.4, 0.5) is 10.1 Å². The highest BCUT2D eigenvalue weighted by atomic mass is 32.2. The fourth-order valence-corrected chi connectivity index (χ4v) is 1.71. The molecule has 1 aromatic rings. The highest BCUT2D eigenvalue weighted by molar-refractivity contribution is 7.92. The molecule has 16 heavy (non-hydrogen) atoms. The maximum absolute atomic E-state index is 12.9. The van der Waals surface area contributed by atoms with Crippen LogP contribution >= 0.6 is 0 Å². The van der Waals surface area contributed by atoms with Crippen LogP contribution < -0.4 is 9.46 Å². The maximum Gasteiger partial charge on any atom is 0.229 e. The average Bonchev–Trinajstić information content (AvgIpc) is 2.91. The minimum atomic E-state index is -3.42. The lowest BCUT2D eigenvalue weighted by Crippen LogP contribution is -2.12. The molecule has 0 unspecified atom stereocenters. The smallest absolute Gasteiger partial charge is 0.229 e. The second-order valence-corrected chi connectivity index (χ2v) is 5.44. The third kappa shape index (κ3) is 3.06. The predicted molar refractivity (Wildman–Crippen MR) is 56.3 cm³/mol. The van der Waals surface area contributed by atoms with Gasteiger partial charge in [0.2, 0.25) is 16.0 Å². The van der Waals surface area contributed by atoms with Crippen molar-refractivity contribution < 1.29 is 17.5 Å². The number of anilines is 1. The van der Waals surface area contributed by atoms with E-state index in [1.807, 2.05) is 0 Å². The molecule has 0 aromatic carbocycles. The van der Waals surface area contributed by atoms with Gasteiger partial charge in [-0.25, -0.2) is 13.4 Å².